The van der Waals surface area contributed by atoms with Crippen molar-refractivity contribution in [3.63, 3.8) is 0 Å². The van der Waals surface area contributed by atoms with Crippen molar-refractivity contribution in [3.05, 3.63) is 53.6 Å². The average molecular weight is 333 g/mol. The molecule has 0 atom stereocenters. The largest absolute Gasteiger partial charge is 0.398 e. The molecule has 4 heteroatoms. The Hall–Kier alpha value is -1.81. The zero-order chi connectivity index (χ0) is 14.7. The third kappa shape index (κ3) is 2.85. The van der Waals surface area contributed by atoms with Crippen LogP contribution < -0.4 is 5.73 Å². The Labute approximate surface area is 127 Å². The van der Waals surface area contributed by atoms with Gasteiger partial charge in [0.05, 0.1) is 5.56 Å². The quantitative estimate of drug-likeness (QED) is 0.690. The van der Waals surface area contributed by atoms with Gasteiger partial charge in [0, 0.05) is 25.1 Å². The molecule has 2 N–H and O–H groups in total. The van der Waals surface area contributed by atoms with Gasteiger partial charge in [-0.3, -0.25) is 4.79 Å². The monoisotopic (exact) mass is 332 g/mol. The van der Waals surface area contributed by atoms with E-state index in [2.05, 4.69) is 15.9 Å². The van der Waals surface area contributed by atoms with E-state index in [-0.39, 0.29) is 5.91 Å². The van der Waals surface area contributed by atoms with Crippen molar-refractivity contribution in [1.82, 2.24) is 4.90 Å². The maximum Gasteiger partial charge on any atom is 0.256 e. The summed E-state index contributed by atoms with van der Waals surface area (Å²) in [6, 6.07) is 13.7. The SMILES string of the molecule is CN(C)C(=O)c1c(N)cccc1-c1ccc(CBr)cc1. The van der Waals surface area contributed by atoms with Crippen LogP contribution in [-0.4, -0.2) is 24.9 Å². The first-order valence-electron chi connectivity index (χ1n) is 6.30. The summed E-state index contributed by atoms with van der Waals surface area (Å²) < 4.78 is 0. The molecule has 0 radical (unpaired) electrons. The molecule has 2 rings (SSSR count). The van der Waals surface area contributed by atoms with E-state index >= 15 is 0 Å². The van der Waals surface area contributed by atoms with Crippen molar-refractivity contribution in [2.24, 2.45) is 0 Å². The molecule has 0 aliphatic heterocycles. The molecule has 0 aliphatic carbocycles. The van der Waals surface area contributed by atoms with Gasteiger partial charge in [-0.1, -0.05) is 52.3 Å². The van der Waals surface area contributed by atoms with Gasteiger partial charge in [0.2, 0.25) is 0 Å². The molecule has 2 aromatic carbocycles. The highest BCUT2D eigenvalue weighted by atomic mass is 79.9. The minimum Gasteiger partial charge on any atom is -0.398 e. The fourth-order valence-corrected chi connectivity index (χ4v) is 2.42. The molecule has 20 heavy (non-hydrogen) atoms. The van der Waals surface area contributed by atoms with Gasteiger partial charge < -0.3 is 10.6 Å². The summed E-state index contributed by atoms with van der Waals surface area (Å²) in [4.78, 5) is 13.9. The summed E-state index contributed by atoms with van der Waals surface area (Å²) in [6.45, 7) is 0. The van der Waals surface area contributed by atoms with Crippen molar-refractivity contribution in [2.45, 2.75) is 5.33 Å². The molecule has 0 aliphatic rings. The first-order chi connectivity index (χ1) is 9.54. The van der Waals surface area contributed by atoms with Crippen LogP contribution in [0.2, 0.25) is 0 Å². The minimum atomic E-state index is -0.0809. The number of nitrogens with zero attached hydrogens (tertiary/aromatic N) is 1. The maximum atomic E-state index is 12.3. The zero-order valence-corrected chi connectivity index (χ0v) is 13.1. The molecule has 1 amide bonds. The van der Waals surface area contributed by atoms with Crippen LogP contribution in [0.5, 0.6) is 0 Å². The average Bonchev–Trinajstić information content (AvgIpc) is 2.46. The van der Waals surface area contributed by atoms with E-state index in [0.717, 1.165) is 16.5 Å². The van der Waals surface area contributed by atoms with Gasteiger partial charge in [-0.25, -0.2) is 0 Å². The van der Waals surface area contributed by atoms with E-state index in [4.69, 9.17) is 5.73 Å². The predicted octanol–water partition coefficient (Wildman–Crippen LogP) is 3.53. The summed E-state index contributed by atoms with van der Waals surface area (Å²) in [5.41, 5.74) is 10.1. The Morgan fingerprint density at radius 2 is 1.80 bits per heavy atom. The molecule has 0 saturated heterocycles. The van der Waals surface area contributed by atoms with E-state index in [1.807, 2.05) is 36.4 Å². The van der Waals surface area contributed by atoms with Crippen molar-refractivity contribution in [2.75, 3.05) is 19.8 Å². The van der Waals surface area contributed by atoms with Crippen LogP contribution in [0.25, 0.3) is 11.1 Å². The first-order valence-corrected chi connectivity index (χ1v) is 7.42. The molecule has 0 aromatic heterocycles. The number of hydrogen-bond donors (Lipinski definition) is 1. The van der Waals surface area contributed by atoms with Crippen molar-refractivity contribution in [3.8, 4) is 11.1 Å². The van der Waals surface area contributed by atoms with Gasteiger partial charge in [-0.2, -0.15) is 0 Å². The second-order valence-corrected chi connectivity index (χ2v) is 5.36. The Bertz CT molecular complexity index is 621. The Balaban J connectivity index is 2.55. The standard InChI is InChI=1S/C16H17BrN2O/c1-19(2)16(20)15-13(4-3-5-14(15)18)12-8-6-11(10-17)7-9-12/h3-9H,10,18H2,1-2H3. The molecule has 0 unspecified atom stereocenters. The molecule has 0 bridgehead atoms. The number of hydrogen-bond acceptors (Lipinski definition) is 2. The number of nitrogen functional groups attached to an aromatic ring is 1. The van der Waals surface area contributed by atoms with Crippen molar-refractivity contribution < 1.29 is 4.79 Å². The second-order valence-electron chi connectivity index (χ2n) is 4.80. The Kier molecular flexibility index (Phi) is 4.45. The first kappa shape index (κ1) is 14.6. The number of amides is 1. The molecule has 0 saturated carbocycles. The lowest BCUT2D eigenvalue weighted by Crippen LogP contribution is -2.23. The summed E-state index contributed by atoms with van der Waals surface area (Å²) >= 11 is 3.43. The third-order valence-electron chi connectivity index (χ3n) is 3.14. The highest BCUT2D eigenvalue weighted by Crippen LogP contribution is 2.29. The molecular formula is C16H17BrN2O. The number of anilines is 1. The number of alkyl halides is 1. The van der Waals surface area contributed by atoms with Crippen LogP contribution in [0.1, 0.15) is 15.9 Å². The number of carbonyl (C=O) groups is 1. The van der Waals surface area contributed by atoms with Gasteiger partial charge >= 0.3 is 0 Å². The van der Waals surface area contributed by atoms with Gasteiger partial charge in [-0.05, 0) is 22.8 Å². The molecule has 0 heterocycles. The van der Waals surface area contributed by atoms with Crippen molar-refractivity contribution in [1.29, 1.82) is 0 Å². The van der Waals surface area contributed by atoms with Crippen LogP contribution >= 0.6 is 15.9 Å². The van der Waals surface area contributed by atoms with Crippen LogP contribution in [0.3, 0.4) is 0 Å². The smallest absolute Gasteiger partial charge is 0.256 e. The molecular weight excluding hydrogens is 316 g/mol. The number of benzene rings is 2. The van der Waals surface area contributed by atoms with Crippen LogP contribution in [-0.2, 0) is 5.33 Å². The van der Waals surface area contributed by atoms with E-state index in [0.29, 0.717) is 11.3 Å². The number of halogens is 1. The lowest BCUT2D eigenvalue weighted by atomic mass is 9.97. The van der Waals surface area contributed by atoms with Gasteiger partial charge in [0.25, 0.3) is 5.91 Å². The fraction of sp³-hybridized carbons (Fsp3) is 0.188. The topological polar surface area (TPSA) is 46.3 Å². The van der Waals surface area contributed by atoms with Crippen molar-refractivity contribution >= 4 is 27.5 Å². The summed E-state index contributed by atoms with van der Waals surface area (Å²) in [5, 5.41) is 0.813. The number of rotatable bonds is 3. The fourth-order valence-electron chi connectivity index (χ4n) is 2.05. The van der Waals surface area contributed by atoms with Crippen LogP contribution in [0, 0.1) is 0 Å². The third-order valence-corrected chi connectivity index (χ3v) is 3.78. The number of nitrogens with two attached hydrogens (primary N) is 1. The van der Waals surface area contributed by atoms with E-state index in [1.165, 1.54) is 5.56 Å². The van der Waals surface area contributed by atoms with Gasteiger partial charge in [0.15, 0.2) is 0 Å². The van der Waals surface area contributed by atoms with E-state index < -0.39 is 0 Å². The second kappa shape index (κ2) is 6.09. The lowest BCUT2D eigenvalue weighted by Gasteiger charge is -2.16. The summed E-state index contributed by atoms with van der Waals surface area (Å²) in [5.74, 6) is -0.0809. The maximum absolute atomic E-state index is 12.3. The highest BCUT2D eigenvalue weighted by Gasteiger charge is 2.17. The molecule has 0 fully saturated rings. The van der Waals surface area contributed by atoms with Crippen LogP contribution in [0.4, 0.5) is 5.69 Å². The van der Waals surface area contributed by atoms with Crippen LogP contribution in [0.15, 0.2) is 42.5 Å². The molecule has 0 spiro atoms. The lowest BCUT2D eigenvalue weighted by molar-refractivity contribution is 0.0829. The number of carbonyl (C=O) groups excluding carboxylic acids is 1. The predicted molar refractivity (Wildman–Crippen MR) is 86.9 cm³/mol. The summed E-state index contributed by atoms with van der Waals surface area (Å²) in [6.07, 6.45) is 0. The molecule has 3 nitrogen and oxygen atoms in total. The Morgan fingerprint density at radius 1 is 1.15 bits per heavy atom. The summed E-state index contributed by atoms with van der Waals surface area (Å²) in [7, 11) is 3.46. The van der Waals surface area contributed by atoms with Gasteiger partial charge in [-0.15, -0.1) is 0 Å². The highest BCUT2D eigenvalue weighted by molar-refractivity contribution is 9.08. The normalized spacial score (nSPS) is 10.3. The zero-order valence-electron chi connectivity index (χ0n) is 11.6. The molecule has 2 aromatic rings. The molecule has 104 valence electrons. The van der Waals surface area contributed by atoms with E-state index in [9.17, 15) is 4.79 Å². The Morgan fingerprint density at radius 3 is 2.35 bits per heavy atom. The van der Waals surface area contributed by atoms with E-state index in [1.54, 1.807) is 25.1 Å². The van der Waals surface area contributed by atoms with Gasteiger partial charge in [0.1, 0.15) is 0 Å². The minimum absolute atomic E-state index is 0.0809.